The van der Waals surface area contributed by atoms with Gasteiger partial charge in [0.05, 0.1) is 26.9 Å². The first-order valence-corrected chi connectivity index (χ1v) is 14.6. The Morgan fingerprint density at radius 3 is 2.55 bits per heavy atom. The van der Waals surface area contributed by atoms with Gasteiger partial charge < -0.3 is 16.0 Å². The van der Waals surface area contributed by atoms with Crippen LogP contribution >= 0.6 is 23.2 Å². The standard InChI is InChI=1S/C25H25Cl2N7O3S/c1-33(8-9-38(2,36)37)17-11-14-6-7-16(10-15(14)12-17)30-24-29-13-18-22(28)34(25(35)32-23(18)31-24)21-19(26)4-3-5-20(21)27/h3-7,10,13,17H,8-9,11-12,28H2,1-2H3,(H,30,31,32,35). The number of hydrogen-bond donors (Lipinski definition) is 2. The molecule has 3 N–H and O–H groups in total. The predicted octanol–water partition coefficient (Wildman–Crippen LogP) is 3.25. The van der Waals surface area contributed by atoms with Crippen molar-refractivity contribution in [1.29, 1.82) is 0 Å². The summed E-state index contributed by atoms with van der Waals surface area (Å²) in [5, 5.41) is 4.06. The SMILES string of the molecule is CN(CCS(C)(=O)=O)C1Cc2ccc(Nc3ncc4c(N)n(-c5c(Cl)cccc5Cl)c(=O)nc4n3)cc2C1. The van der Waals surface area contributed by atoms with E-state index in [0.717, 1.165) is 23.1 Å². The van der Waals surface area contributed by atoms with Crippen molar-refractivity contribution < 1.29 is 8.42 Å². The first-order chi connectivity index (χ1) is 18.0. The summed E-state index contributed by atoms with van der Waals surface area (Å²) in [6.07, 6.45) is 4.41. The number of anilines is 3. The van der Waals surface area contributed by atoms with Gasteiger partial charge in [0.25, 0.3) is 0 Å². The number of rotatable bonds is 7. The molecule has 0 radical (unpaired) electrons. The third-order valence-corrected chi connectivity index (χ3v) is 8.19. The van der Waals surface area contributed by atoms with Gasteiger partial charge in [0.2, 0.25) is 5.95 Å². The average molecular weight is 574 g/mol. The van der Waals surface area contributed by atoms with Gasteiger partial charge >= 0.3 is 5.69 Å². The topological polar surface area (TPSA) is 136 Å². The van der Waals surface area contributed by atoms with E-state index in [1.807, 2.05) is 25.2 Å². The number of para-hydroxylation sites is 1. The number of fused-ring (bicyclic) bond motifs is 2. The molecular formula is C25H25Cl2N7O3S. The van der Waals surface area contributed by atoms with E-state index in [9.17, 15) is 13.2 Å². The predicted molar refractivity (Wildman–Crippen MR) is 151 cm³/mol. The summed E-state index contributed by atoms with van der Waals surface area (Å²) >= 11 is 12.6. The molecule has 1 unspecified atom stereocenters. The van der Waals surface area contributed by atoms with Crippen molar-refractivity contribution in [2.75, 3.05) is 36.7 Å². The van der Waals surface area contributed by atoms with Crippen LogP contribution in [0.25, 0.3) is 16.7 Å². The lowest BCUT2D eigenvalue weighted by Gasteiger charge is -2.23. The number of likely N-dealkylation sites (N-methyl/N-ethyl adjacent to an activating group) is 1. The van der Waals surface area contributed by atoms with Crippen LogP contribution in [0.5, 0.6) is 0 Å². The number of sulfone groups is 1. The molecule has 0 fully saturated rings. The highest BCUT2D eigenvalue weighted by atomic mass is 35.5. The number of nitrogens with one attached hydrogen (secondary N) is 1. The molecule has 10 nitrogen and oxygen atoms in total. The van der Waals surface area contributed by atoms with E-state index in [2.05, 4.69) is 25.2 Å². The first-order valence-electron chi connectivity index (χ1n) is 11.8. The van der Waals surface area contributed by atoms with Gasteiger partial charge in [-0.05, 0) is 55.3 Å². The van der Waals surface area contributed by atoms with E-state index in [-0.39, 0.29) is 44.9 Å². The van der Waals surface area contributed by atoms with Gasteiger partial charge in [-0.3, -0.25) is 0 Å². The molecule has 5 rings (SSSR count). The second-order valence-corrected chi connectivity index (χ2v) is 12.5. The fraction of sp³-hybridized carbons (Fsp3) is 0.280. The smallest absolute Gasteiger partial charge is 0.355 e. The fourth-order valence-electron chi connectivity index (χ4n) is 4.59. The van der Waals surface area contributed by atoms with E-state index in [0.29, 0.717) is 11.9 Å². The minimum atomic E-state index is -3.01. The third kappa shape index (κ3) is 5.32. The van der Waals surface area contributed by atoms with Gasteiger partial charge in [-0.2, -0.15) is 9.97 Å². The van der Waals surface area contributed by atoms with E-state index in [1.165, 1.54) is 23.6 Å². The largest absolute Gasteiger partial charge is 0.384 e. The summed E-state index contributed by atoms with van der Waals surface area (Å²) in [4.78, 5) is 27.8. The summed E-state index contributed by atoms with van der Waals surface area (Å²) in [6.45, 7) is 0.494. The van der Waals surface area contributed by atoms with Crippen molar-refractivity contribution >= 4 is 61.5 Å². The molecule has 0 saturated heterocycles. The Morgan fingerprint density at radius 1 is 1.13 bits per heavy atom. The summed E-state index contributed by atoms with van der Waals surface area (Å²) in [6, 6.07) is 11.1. The van der Waals surface area contributed by atoms with E-state index in [4.69, 9.17) is 28.9 Å². The van der Waals surface area contributed by atoms with Gasteiger partial charge in [0, 0.05) is 30.7 Å². The lowest BCUT2D eigenvalue weighted by Crippen LogP contribution is -2.35. The zero-order chi connectivity index (χ0) is 27.2. The van der Waals surface area contributed by atoms with Crippen molar-refractivity contribution in [2.24, 2.45) is 0 Å². The van der Waals surface area contributed by atoms with Gasteiger partial charge in [-0.1, -0.05) is 35.3 Å². The Hall–Kier alpha value is -3.25. The maximum atomic E-state index is 12.9. The summed E-state index contributed by atoms with van der Waals surface area (Å²) in [5.74, 6) is 0.472. The number of nitrogens with two attached hydrogens (primary N) is 1. The number of nitrogen functional groups attached to an aromatic ring is 1. The molecule has 0 bridgehead atoms. The Balaban J connectivity index is 1.38. The molecule has 1 aliphatic rings. The fourth-order valence-corrected chi connectivity index (χ4v) is 5.77. The van der Waals surface area contributed by atoms with E-state index in [1.54, 1.807) is 18.2 Å². The summed E-state index contributed by atoms with van der Waals surface area (Å²) in [7, 11) is -1.06. The molecular weight excluding hydrogens is 549 g/mol. The molecule has 38 heavy (non-hydrogen) atoms. The maximum absolute atomic E-state index is 12.9. The van der Waals surface area contributed by atoms with Crippen LogP contribution < -0.4 is 16.7 Å². The Kier molecular flexibility index (Phi) is 7.03. The van der Waals surface area contributed by atoms with Crippen molar-refractivity contribution in [3.05, 3.63) is 74.3 Å². The van der Waals surface area contributed by atoms with Crippen LogP contribution in [0.3, 0.4) is 0 Å². The van der Waals surface area contributed by atoms with Crippen molar-refractivity contribution in [3.63, 3.8) is 0 Å². The number of hydrogen-bond acceptors (Lipinski definition) is 9. The number of benzene rings is 2. The zero-order valence-corrected chi connectivity index (χ0v) is 23.0. The average Bonchev–Trinajstić information content (AvgIpc) is 3.27. The van der Waals surface area contributed by atoms with Gasteiger partial charge in [-0.25, -0.2) is 22.8 Å². The first kappa shape index (κ1) is 26.4. The Morgan fingerprint density at radius 2 is 1.84 bits per heavy atom. The monoisotopic (exact) mass is 573 g/mol. The minimum Gasteiger partial charge on any atom is -0.384 e. The molecule has 1 atom stereocenters. The van der Waals surface area contributed by atoms with Crippen LogP contribution in [0, 0.1) is 0 Å². The van der Waals surface area contributed by atoms with Crippen LogP contribution in [-0.4, -0.2) is 64.5 Å². The molecule has 198 valence electrons. The normalized spacial score (nSPS) is 15.2. The number of halogens is 2. The molecule has 0 saturated carbocycles. The summed E-state index contributed by atoms with van der Waals surface area (Å²) < 4.78 is 24.2. The van der Waals surface area contributed by atoms with E-state index < -0.39 is 15.5 Å². The molecule has 4 aromatic rings. The highest BCUT2D eigenvalue weighted by Gasteiger charge is 2.25. The van der Waals surface area contributed by atoms with Crippen LogP contribution in [0.2, 0.25) is 10.0 Å². The van der Waals surface area contributed by atoms with Crippen molar-refractivity contribution in [1.82, 2.24) is 24.4 Å². The molecule has 0 aliphatic heterocycles. The lowest BCUT2D eigenvalue weighted by atomic mass is 10.1. The minimum absolute atomic E-state index is 0.0742. The van der Waals surface area contributed by atoms with Crippen LogP contribution in [0.15, 0.2) is 47.4 Å². The lowest BCUT2D eigenvalue weighted by molar-refractivity contribution is 0.263. The Labute approximate surface area is 229 Å². The maximum Gasteiger partial charge on any atom is 0.355 e. The highest BCUT2D eigenvalue weighted by Crippen LogP contribution is 2.31. The van der Waals surface area contributed by atoms with Crippen LogP contribution in [-0.2, 0) is 22.7 Å². The third-order valence-electron chi connectivity index (χ3n) is 6.65. The Bertz CT molecular complexity index is 1710. The van der Waals surface area contributed by atoms with Gasteiger partial charge in [0.15, 0.2) is 5.65 Å². The molecule has 13 heteroatoms. The highest BCUT2D eigenvalue weighted by molar-refractivity contribution is 7.90. The van der Waals surface area contributed by atoms with Crippen LogP contribution in [0.4, 0.5) is 17.5 Å². The molecule has 0 amide bonds. The quantitative estimate of drug-likeness (QED) is 0.341. The number of aromatic nitrogens is 4. The zero-order valence-electron chi connectivity index (χ0n) is 20.6. The van der Waals surface area contributed by atoms with E-state index >= 15 is 0 Å². The molecule has 2 heterocycles. The van der Waals surface area contributed by atoms with Gasteiger partial charge in [0.1, 0.15) is 15.7 Å². The number of nitrogens with zero attached hydrogens (tertiary/aromatic N) is 5. The van der Waals surface area contributed by atoms with Crippen molar-refractivity contribution in [2.45, 2.75) is 18.9 Å². The van der Waals surface area contributed by atoms with Crippen LogP contribution in [0.1, 0.15) is 11.1 Å². The molecule has 2 aromatic carbocycles. The molecule has 1 aliphatic carbocycles. The second kappa shape index (κ2) is 10.1. The molecule has 2 aromatic heterocycles. The second-order valence-electron chi connectivity index (χ2n) is 9.40. The molecule has 0 spiro atoms. The van der Waals surface area contributed by atoms with Gasteiger partial charge in [-0.15, -0.1) is 0 Å². The van der Waals surface area contributed by atoms with Crippen molar-refractivity contribution in [3.8, 4) is 5.69 Å². The summed E-state index contributed by atoms with van der Waals surface area (Å²) in [5.41, 5.74) is 9.20.